The van der Waals surface area contributed by atoms with Crippen molar-refractivity contribution >= 4 is 5.78 Å². The molecule has 0 saturated carbocycles. The zero-order valence-electron chi connectivity index (χ0n) is 12.7. The molecule has 0 bridgehead atoms. The first-order valence-electron chi connectivity index (χ1n) is 7.06. The third-order valence-electron chi connectivity index (χ3n) is 4.43. The van der Waals surface area contributed by atoms with Crippen LogP contribution in [0.15, 0.2) is 12.1 Å². The second-order valence-electron chi connectivity index (χ2n) is 5.32. The number of fused-ring (bicyclic) bond motifs is 1. The van der Waals surface area contributed by atoms with Gasteiger partial charge in [-0.2, -0.15) is 0 Å². The first kappa shape index (κ1) is 14.9. The lowest BCUT2D eigenvalue weighted by Gasteiger charge is -2.25. The molecule has 1 aliphatic carbocycles. The number of hydrogen-bond acceptors (Lipinski definition) is 4. The summed E-state index contributed by atoms with van der Waals surface area (Å²) in [6.45, 7) is 2.91. The van der Waals surface area contributed by atoms with E-state index >= 15 is 0 Å². The van der Waals surface area contributed by atoms with Crippen LogP contribution in [0, 0.1) is 5.41 Å². The monoisotopic (exact) mass is 277 g/mol. The van der Waals surface area contributed by atoms with Gasteiger partial charge in [0.25, 0.3) is 0 Å². The van der Waals surface area contributed by atoms with E-state index in [1.807, 2.05) is 19.2 Å². The molecule has 0 heterocycles. The summed E-state index contributed by atoms with van der Waals surface area (Å²) in [4.78, 5) is 12.9. The second-order valence-corrected chi connectivity index (χ2v) is 5.32. The molecule has 1 N–H and O–H groups in total. The van der Waals surface area contributed by atoms with Crippen molar-refractivity contribution in [2.45, 2.75) is 26.2 Å². The van der Waals surface area contributed by atoms with Gasteiger partial charge >= 0.3 is 0 Å². The highest BCUT2D eigenvalue weighted by molar-refractivity contribution is 6.07. The van der Waals surface area contributed by atoms with Crippen LogP contribution in [0.5, 0.6) is 11.5 Å². The van der Waals surface area contributed by atoms with Crippen molar-refractivity contribution < 1.29 is 14.3 Å². The van der Waals surface area contributed by atoms with E-state index in [0.29, 0.717) is 11.3 Å². The molecule has 0 radical (unpaired) electrons. The maximum absolute atomic E-state index is 12.9. The third-order valence-corrected chi connectivity index (χ3v) is 4.43. The SMILES string of the molecule is CCC1(CCNC)Cc2c(OC)ccc(OC)c2C1=O. The number of carbonyl (C=O) groups is 1. The van der Waals surface area contributed by atoms with Crippen LogP contribution in [0.2, 0.25) is 0 Å². The molecule has 0 spiro atoms. The summed E-state index contributed by atoms with van der Waals surface area (Å²) in [6, 6.07) is 3.70. The number of ketones is 1. The number of rotatable bonds is 6. The standard InChI is InChI=1S/C16H23NO3/c1-5-16(8-9-17-2)10-11-12(19-3)6-7-13(20-4)14(11)15(16)18/h6-7,17H,5,8-10H2,1-4H3. The predicted molar refractivity (Wildman–Crippen MR) is 78.8 cm³/mol. The van der Waals surface area contributed by atoms with E-state index in [-0.39, 0.29) is 11.2 Å². The molecule has 0 fully saturated rings. The number of methoxy groups -OCH3 is 2. The molecule has 1 atom stereocenters. The van der Waals surface area contributed by atoms with Gasteiger partial charge in [-0.3, -0.25) is 4.79 Å². The highest BCUT2D eigenvalue weighted by Crippen LogP contribution is 2.48. The summed E-state index contributed by atoms with van der Waals surface area (Å²) in [7, 11) is 5.16. The molecule has 0 aromatic heterocycles. The molecular weight excluding hydrogens is 254 g/mol. The van der Waals surface area contributed by atoms with Gasteiger partial charge in [-0.25, -0.2) is 0 Å². The van der Waals surface area contributed by atoms with Gasteiger partial charge in [-0.1, -0.05) is 6.92 Å². The molecule has 2 rings (SSSR count). The van der Waals surface area contributed by atoms with Crippen molar-refractivity contribution in [2.75, 3.05) is 27.8 Å². The van der Waals surface area contributed by atoms with Gasteiger partial charge in [0.1, 0.15) is 11.5 Å². The zero-order chi connectivity index (χ0) is 14.8. The van der Waals surface area contributed by atoms with Crippen molar-refractivity contribution in [1.82, 2.24) is 5.32 Å². The number of ether oxygens (including phenoxy) is 2. The molecule has 4 nitrogen and oxygen atoms in total. The van der Waals surface area contributed by atoms with E-state index in [2.05, 4.69) is 12.2 Å². The van der Waals surface area contributed by atoms with Gasteiger partial charge in [-0.15, -0.1) is 0 Å². The van der Waals surface area contributed by atoms with Crippen molar-refractivity contribution in [2.24, 2.45) is 5.41 Å². The Morgan fingerprint density at radius 3 is 2.45 bits per heavy atom. The van der Waals surface area contributed by atoms with Gasteiger partial charge in [0.2, 0.25) is 0 Å². The molecule has 1 aliphatic rings. The molecule has 110 valence electrons. The Morgan fingerprint density at radius 2 is 1.90 bits per heavy atom. The smallest absolute Gasteiger partial charge is 0.173 e. The van der Waals surface area contributed by atoms with Crippen LogP contribution in [0.3, 0.4) is 0 Å². The van der Waals surface area contributed by atoms with E-state index in [1.54, 1.807) is 14.2 Å². The van der Waals surface area contributed by atoms with Gasteiger partial charge in [0, 0.05) is 11.0 Å². The summed E-state index contributed by atoms with van der Waals surface area (Å²) in [5.74, 6) is 1.64. The van der Waals surface area contributed by atoms with Crippen LogP contribution in [0.1, 0.15) is 35.7 Å². The zero-order valence-corrected chi connectivity index (χ0v) is 12.7. The van der Waals surface area contributed by atoms with Crippen molar-refractivity contribution in [3.8, 4) is 11.5 Å². The summed E-state index contributed by atoms with van der Waals surface area (Å²) in [5, 5.41) is 3.14. The van der Waals surface area contributed by atoms with Crippen molar-refractivity contribution in [3.63, 3.8) is 0 Å². The average Bonchev–Trinajstić information content (AvgIpc) is 2.78. The molecule has 20 heavy (non-hydrogen) atoms. The topological polar surface area (TPSA) is 47.6 Å². The van der Waals surface area contributed by atoms with Gasteiger partial charge in [0.15, 0.2) is 5.78 Å². The molecule has 0 aliphatic heterocycles. The number of carbonyl (C=O) groups excluding carboxylic acids is 1. The van der Waals surface area contributed by atoms with Crippen LogP contribution in [0.4, 0.5) is 0 Å². The highest BCUT2D eigenvalue weighted by atomic mass is 16.5. The lowest BCUT2D eigenvalue weighted by Crippen LogP contribution is -2.31. The molecule has 0 amide bonds. The first-order valence-corrected chi connectivity index (χ1v) is 7.06. The molecule has 0 saturated heterocycles. The number of hydrogen-bond donors (Lipinski definition) is 1. The number of nitrogens with one attached hydrogen (secondary N) is 1. The van der Waals surface area contributed by atoms with Crippen molar-refractivity contribution in [1.29, 1.82) is 0 Å². The number of Topliss-reactive ketones (excluding diaryl/α,β-unsaturated/α-hetero) is 1. The van der Waals surface area contributed by atoms with Crippen LogP contribution < -0.4 is 14.8 Å². The Labute approximate surface area is 120 Å². The second kappa shape index (κ2) is 5.83. The van der Waals surface area contributed by atoms with Crippen LogP contribution in [-0.4, -0.2) is 33.6 Å². The maximum Gasteiger partial charge on any atom is 0.173 e. The summed E-state index contributed by atoms with van der Waals surface area (Å²) in [5.41, 5.74) is 1.38. The van der Waals surface area contributed by atoms with E-state index in [4.69, 9.17) is 9.47 Å². The fraction of sp³-hybridized carbons (Fsp3) is 0.562. The Hall–Kier alpha value is -1.55. The summed E-state index contributed by atoms with van der Waals surface area (Å²) < 4.78 is 10.8. The summed E-state index contributed by atoms with van der Waals surface area (Å²) >= 11 is 0. The van der Waals surface area contributed by atoms with E-state index in [9.17, 15) is 4.79 Å². The van der Waals surface area contributed by atoms with Crippen molar-refractivity contribution in [3.05, 3.63) is 23.3 Å². The fourth-order valence-electron chi connectivity index (χ4n) is 3.11. The Balaban J connectivity index is 2.50. The van der Waals surface area contributed by atoms with Gasteiger partial charge in [0.05, 0.1) is 19.8 Å². The Morgan fingerprint density at radius 1 is 1.25 bits per heavy atom. The Kier molecular flexibility index (Phi) is 4.33. The third kappa shape index (κ3) is 2.18. The fourth-order valence-corrected chi connectivity index (χ4v) is 3.11. The lowest BCUT2D eigenvalue weighted by molar-refractivity contribution is 0.0795. The van der Waals surface area contributed by atoms with E-state index in [0.717, 1.165) is 37.1 Å². The quantitative estimate of drug-likeness (QED) is 0.867. The largest absolute Gasteiger partial charge is 0.496 e. The first-order chi connectivity index (χ1) is 9.63. The molecule has 1 unspecified atom stereocenters. The minimum Gasteiger partial charge on any atom is -0.496 e. The molecular formula is C16H23NO3. The van der Waals surface area contributed by atoms with Gasteiger partial charge in [-0.05, 0) is 45.0 Å². The van der Waals surface area contributed by atoms with Gasteiger partial charge < -0.3 is 14.8 Å². The lowest BCUT2D eigenvalue weighted by atomic mass is 9.78. The summed E-state index contributed by atoms with van der Waals surface area (Å²) in [6.07, 6.45) is 2.40. The molecule has 1 aromatic carbocycles. The average molecular weight is 277 g/mol. The van der Waals surface area contributed by atoms with Crippen LogP contribution in [0.25, 0.3) is 0 Å². The van der Waals surface area contributed by atoms with Crippen LogP contribution >= 0.6 is 0 Å². The Bertz CT molecular complexity index is 513. The van der Waals surface area contributed by atoms with E-state index in [1.165, 1.54) is 0 Å². The highest BCUT2D eigenvalue weighted by Gasteiger charge is 2.46. The minimum atomic E-state index is -0.326. The predicted octanol–water partition coefficient (Wildman–Crippen LogP) is 2.45. The molecule has 4 heteroatoms. The normalized spacial score (nSPS) is 20.9. The maximum atomic E-state index is 12.9. The molecule has 1 aromatic rings. The van der Waals surface area contributed by atoms with Crippen LogP contribution in [-0.2, 0) is 6.42 Å². The van der Waals surface area contributed by atoms with E-state index < -0.39 is 0 Å². The number of benzene rings is 1. The minimum absolute atomic E-state index is 0.195.